The number of benzene rings is 1. The van der Waals surface area contributed by atoms with Crippen molar-refractivity contribution in [1.29, 1.82) is 0 Å². The Bertz CT molecular complexity index is 612. The molecule has 0 unspecified atom stereocenters. The molecule has 2 aromatic rings. The normalized spacial score (nSPS) is 10.7. The van der Waals surface area contributed by atoms with Crippen LogP contribution in [0.15, 0.2) is 24.4 Å². The fraction of sp³-hybridized carbons (Fsp3) is 0.375. The van der Waals surface area contributed by atoms with Crippen LogP contribution in [0.3, 0.4) is 0 Å². The van der Waals surface area contributed by atoms with Crippen LogP contribution in [-0.4, -0.2) is 35.2 Å². The molecule has 106 valence electrons. The smallest absolute Gasteiger partial charge is 0.227 e. The van der Waals surface area contributed by atoms with Crippen molar-refractivity contribution in [2.24, 2.45) is 0 Å². The lowest BCUT2D eigenvalue weighted by Gasteiger charge is -2.18. The van der Waals surface area contributed by atoms with Crippen molar-refractivity contribution in [2.75, 3.05) is 13.1 Å². The zero-order chi connectivity index (χ0) is 14.5. The summed E-state index contributed by atoms with van der Waals surface area (Å²) in [5.74, 6) is 0.133. The van der Waals surface area contributed by atoms with Gasteiger partial charge in [0.15, 0.2) is 0 Å². The number of aromatic amines is 1. The van der Waals surface area contributed by atoms with Gasteiger partial charge in [-0.05, 0) is 25.0 Å². The summed E-state index contributed by atoms with van der Waals surface area (Å²) in [4.78, 5) is 27.9. The van der Waals surface area contributed by atoms with Crippen LogP contribution in [0.1, 0.15) is 25.0 Å². The predicted octanol–water partition coefficient (Wildman–Crippen LogP) is 2.32. The molecule has 0 saturated heterocycles. The van der Waals surface area contributed by atoms with Gasteiger partial charge in [-0.15, -0.1) is 0 Å². The molecular formula is C16H20N2O2. The first-order valence-corrected chi connectivity index (χ1v) is 7.00. The average Bonchev–Trinajstić information content (AvgIpc) is 2.85. The second-order valence-electron chi connectivity index (χ2n) is 4.77. The summed E-state index contributed by atoms with van der Waals surface area (Å²) >= 11 is 0. The molecule has 20 heavy (non-hydrogen) atoms. The topological polar surface area (TPSA) is 53.2 Å². The quantitative estimate of drug-likeness (QED) is 0.820. The first kappa shape index (κ1) is 14.3. The maximum absolute atomic E-state index is 12.2. The van der Waals surface area contributed by atoms with Crippen molar-refractivity contribution in [2.45, 2.75) is 26.7 Å². The van der Waals surface area contributed by atoms with Gasteiger partial charge in [0, 0.05) is 36.6 Å². The van der Waals surface area contributed by atoms with E-state index in [1.165, 1.54) is 0 Å². The number of carbonyl (C=O) groups is 2. The molecule has 0 radical (unpaired) electrons. The molecule has 4 nitrogen and oxygen atoms in total. The number of fused-ring (bicyclic) bond motifs is 1. The van der Waals surface area contributed by atoms with E-state index in [0.717, 1.165) is 41.4 Å². The molecule has 4 heteroatoms. The third-order valence-electron chi connectivity index (χ3n) is 3.65. The number of aromatic nitrogens is 1. The summed E-state index contributed by atoms with van der Waals surface area (Å²) in [5.41, 5.74) is 2.92. The first-order valence-electron chi connectivity index (χ1n) is 7.00. The Kier molecular flexibility index (Phi) is 4.56. The van der Waals surface area contributed by atoms with Crippen LogP contribution < -0.4 is 0 Å². The van der Waals surface area contributed by atoms with Gasteiger partial charge in [-0.25, -0.2) is 0 Å². The third kappa shape index (κ3) is 2.74. The molecule has 0 aliphatic heterocycles. The summed E-state index contributed by atoms with van der Waals surface area (Å²) < 4.78 is 0. The van der Waals surface area contributed by atoms with E-state index in [-0.39, 0.29) is 5.91 Å². The Hall–Kier alpha value is -2.10. The average molecular weight is 272 g/mol. The summed E-state index contributed by atoms with van der Waals surface area (Å²) in [6.07, 6.45) is 3.54. The van der Waals surface area contributed by atoms with Crippen LogP contribution in [0.2, 0.25) is 0 Å². The molecule has 2 rings (SSSR count). The van der Waals surface area contributed by atoms with Crippen LogP contribution >= 0.6 is 0 Å². The van der Waals surface area contributed by atoms with Gasteiger partial charge >= 0.3 is 0 Å². The highest BCUT2D eigenvalue weighted by molar-refractivity contribution is 5.91. The maximum atomic E-state index is 12.2. The van der Waals surface area contributed by atoms with Gasteiger partial charge in [-0.2, -0.15) is 0 Å². The van der Waals surface area contributed by atoms with Crippen molar-refractivity contribution in [1.82, 2.24) is 9.88 Å². The molecule has 1 amide bonds. The summed E-state index contributed by atoms with van der Waals surface area (Å²) in [6.45, 7) is 5.43. The first-order chi connectivity index (χ1) is 9.71. The number of para-hydroxylation sites is 1. The third-order valence-corrected chi connectivity index (χ3v) is 3.65. The highest BCUT2D eigenvalue weighted by atomic mass is 16.2. The molecule has 1 N–H and O–H groups in total. The Morgan fingerprint density at radius 1 is 1.25 bits per heavy atom. The van der Waals surface area contributed by atoms with Crippen molar-refractivity contribution in [3.8, 4) is 0 Å². The monoisotopic (exact) mass is 272 g/mol. The van der Waals surface area contributed by atoms with Gasteiger partial charge < -0.3 is 14.7 Å². The van der Waals surface area contributed by atoms with Gasteiger partial charge in [-0.3, -0.25) is 4.79 Å². The van der Waals surface area contributed by atoms with Crippen LogP contribution in [0.25, 0.3) is 10.9 Å². The van der Waals surface area contributed by atoms with E-state index in [9.17, 15) is 9.59 Å². The van der Waals surface area contributed by atoms with E-state index in [2.05, 4.69) is 4.98 Å². The number of amides is 1. The number of likely N-dealkylation sites (N-methyl/N-ethyl adjacent to an activating group) is 1. The second kappa shape index (κ2) is 6.37. The number of hydrogen-bond acceptors (Lipinski definition) is 2. The molecule has 1 aromatic heterocycles. The van der Waals surface area contributed by atoms with E-state index >= 15 is 0 Å². The molecule has 0 saturated carbocycles. The van der Waals surface area contributed by atoms with E-state index in [1.807, 2.05) is 43.1 Å². The van der Waals surface area contributed by atoms with E-state index in [4.69, 9.17) is 0 Å². The van der Waals surface area contributed by atoms with Gasteiger partial charge in [0.05, 0.1) is 6.42 Å². The predicted molar refractivity (Wildman–Crippen MR) is 79.7 cm³/mol. The van der Waals surface area contributed by atoms with Gasteiger partial charge in [-0.1, -0.05) is 18.2 Å². The number of H-pyrrole nitrogens is 1. The Balaban J connectivity index is 2.31. The molecule has 0 fully saturated rings. The fourth-order valence-corrected chi connectivity index (χ4v) is 2.53. The zero-order valence-corrected chi connectivity index (χ0v) is 12.0. The second-order valence-corrected chi connectivity index (χ2v) is 4.77. The van der Waals surface area contributed by atoms with E-state index < -0.39 is 0 Å². The molecule has 0 aliphatic carbocycles. The minimum absolute atomic E-state index is 0.133. The number of hydrogen-bond donors (Lipinski definition) is 1. The lowest BCUT2D eigenvalue weighted by molar-refractivity contribution is -0.130. The molecular weight excluding hydrogens is 252 g/mol. The number of aldehydes is 1. The molecule has 1 heterocycles. The lowest BCUT2D eigenvalue weighted by atomic mass is 10.0. The maximum Gasteiger partial charge on any atom is 0.227 e. The van der Waals surface area contributed by atoms with Crippen LogP contribution in [0, 0.1) is 0 Å². The van der Waals surface area contributed by atoms with Crippen molar-refractivity contribution < 1.29 is 9.59 Å². The highest BCUT2D eigenvalue weighted by Crippen LogP contribution is 2.22. The minimum Gasteiger partial charge on any atom is -0.361 e. The molecule has 0 atom stereocenters. The van der Waals surface area contributed by atoms with Crippen molar-refractivity contribution in [3.63, 3.8) is 0 Å². The van der Waals surface area contributed by atoms with Crippen LogP contribution in [0.4, 0.5) is 0 Å². The zero-order valence-electron chi connectivity index (χ0n) is 12.0. The molecule has 0 bridgehead atoms. The number of nitrogens with zero attached hydrogens (tertiary/aromatic N) is 1. The molecule has 0 aliphatic rings. The van der Waals surface area contributed by atoms with E-state index in [0.29, 0.717) is 12.8 Å². The van der Waals surface area contributed by atoms with E-state index in [1.54, 1.807) is 0 Å². The Labute approximate surface area is 118 Å². The molecule has 1 aromatic carbocycles. The van der Waals surface area contributed by atoms with Gasteiger partial charge in [0.25, 0.3) is 0 Å². The summed E-state index contributed by atoms with van der Waals surface area (Å²) in [7, 11) is 0. The van der Waals surface area contributed by atoms with Gasteiger partial charge in [0.1, 0.15) is 6.29 Å². The largest absolute Gasteiger partial charge is 0.361 e. The Morgan fingerprint density at radius 3 is 2.65 bits per heavy atom. The SMILES string of the molecule is CCN(CC)C(=O)Cc1cccc2c(CC=O)c[nH]c12. The van der Waals surface area contributed by atoms with Crippen LogP contribution in [-0.2, 0) is 22.4 Å². The standard InChI is InChI=1S/C16H20N2O2/c1-3-18(4-2)15(20)10-12-6-5-7-14-13(8-9-19)11-17-16(12)14/h5-7,9,11,17H,3-4,8,10H2,1-2H3. The summed E-state index contributed by atoms with van der Waals surface area (Å²) in [5, 5.41) is 1.03. The number of carbonyl (C=O) groups excluding carboxylic acids is 2. The number of rotatable bonds is 6. The minimum atomic E-state index is 0.133. The fourth-order valence-electron chi connectivity index (χ4n) is 2.53. The van der Waals surface area contributed by atoms with Crippen molar-refractivity contribution in [3.05, 3.63) is 35.5 Å². The summed E-state index contributed by atoms with van der Waals surface area (Å²) in [6, 6.07) is 5.89. The Morgan fingerprint density at radius 2 is 2.00 bits per heavy atom. The highest BCUT2D eigenvalue weighted by Gasteiger charge is 2.13. The van der Waals surface area contributed by atoms with Crippen LogP contribution in [0.5, 0.6) is 0 Å². The number of nitrogens with one attached hydrogen (secondary N) is 1. The van der Waals surface area contributed by atoms with Crippen molar-refractivity contribution >= 4 is 23.1 Å². The lowest BCUT2D eigenvalue weighted by Crippen LogP contribution is -2.31. The van der Waals surface area contributed by atoms with Gasteiger partial charge in [0.2, 0.25) is 5.91 Å². The molecule has 0 spiro atoms.